The number of aromatic nitrogens is 2. The van der Waals surface area contributed by atoms with Crippen LogP contribution in [0.4, 0.5) is 0 Å². The van der Waals surface area contributed by atoms with E-state index in [4.69, 9.17) is 12.8 Å². The van der Waals surface area contributed by atoms with E-state index in [1.807, 2.05) is 30.5 Å². The molecule has 1 aliphatic rings. The van der Waals surface area contributed by atoms with Gasteiger partial charge in [-0.1, -0.05) is 55.7 Å². The van der Waals surface area contributed by atoms with Crippen molar-refractivity contribution >= 4 is 35.1 Å². The topological polar surface area (TPSA) is 38.0 Å². The molecule has 5 aromatic rings. The molecule has 0 aliphatic heterocycles. The Kier molecular flexibility index (Phi) is 3.33. The van der Waals surface area contributed by atoms with Gasteiger partial charge in [0, 0.05) is 28.5 Å². The van der Waals surface area contributed by atoms with Crippen LogP contribution in [-0.4, -0.2) is 22.5 Å². The first-order chi connectivity index (χ1) is 14.4. The summed E-state index contributed by atoms with van der Waals surface area (Å²) in [5.74, 6) is 1.06. The maximum atomic E-state index is 10.2. The van der Waals surface area contributed by atoms with E-state index in [2.05, 4.69) is 48.7 Å². The number of hydrogen-bond donors (Lipinski definition) is 1. The highest BCUT2D eigenvalue weighted by Crippen LogP contribution is 2.48. The van der Waals surface area contributed by atoms with Crippen LogP contribution in [0.3, 0.4) is 0 Å². The Balaban J connectivity index is 1.70. The number of hydrogen-bond acceptors (Lipinski definition) is 2. The average Bonchev–Trinajstić information content (AvgIpc) is 3.17. The van der Waals surface area contributed by atoms with Gasteiger partial charge in [-0.25, -0.2) is 4.98 Å². The molecule has 30 heavy (non-hydrogen) atoms. The first-order valence-electron chi connectivity index (χ1n) is 10.1. The quantitative estimate of drug-likeness (QED) is 0.413. The summed E-state index contributed by atoms with van der Waals surface area (Å²) in [6.07, 6.45) is 2.00. The standard InChI is InChI=1S/C26H19BN2O/c1-26(2)21-6-4-3-5-17(21)19-13-25(28-14-22(19)26)29-23-10-7-15(27)11-20(23)18-9-8-16(30)12-24(18)29/h3-14,30H,1-2H3. The van der Waals surface area contributed by atoms with Crippen LogP contribution in [0.5, 0.6) is 5.75 Å². The molecule has 142 valence electrons. The highest BCUT2D eigenvalue weighted by molar-refractivity contribution is 6.34. The molecule has 1 N–H and O–H groups in total. The highest BCUT2D eigenvalue weighted by Gasteiger charge is 2.35. The fourth-order valence-electron chi connectivity index (χ4n) is 4.97. The van der Waals surface area contributed by atoms with Gasteiger partial charge >= 0.3 is 0 Å². The summed E-state index contributed by atoms with van der Waals surface area (Å²) >= 11 is 0. The van der Waals surface area contributed by atoms with Crippen molar-refractivity contribution in [2.45, 2.75) is 19.3 Å². The van der Waals surface area contributed by atoms with Crippen LogP contribution in [0, 0.1) is 0 Å². The fourth-order valence-corrected chi connectivity index (χ4v) is 4.97. The second-order valence-electron chi connectivity index (χ2n) is 8.57. The lowest BCUT2D eigenvalue weighted by molar-refractivity contribution is 0.476. The third-order valence-electron chi connectivity index (χ3n) is 6.46. The fraction of sp³-hybridized carbons (Fsp3) is 0.115. The van der Waals surface area contributed by atoms with Crippen molar-refractivity contribution in [3.63, 3.8) is 0 Å². The Morgan fingerprint density at radius 3 is 2.53 bits per heavy atom. The average molecular weight is 386 g/mol. The molecule has 0 saturated carbocycles. The molecule has 0 spiro atoms. The van der Waals surface area contributed by atoms with Gasteiger partial charge in [0.25, 0.3) is 0 Å². The lowest BCUT2D eigenvalue weighted by Gasteiger charge is -2.21. The Morgan fingerprint density at radius 2 is 1.67 bits per heavy atom. The Hall–Kier alpha value is -3.53. The van der Waals surface area contributed by atoms with E-state index >= 15 is 0 Å². The van der Waals surface area contributed by atoms with Crippen LogP contribution in [0.15, 0.2) is 72.9 Å². The van der Waals surface area contributed by atoms with Crippen molar-refractivity contribution in [2.24, 2.45) is 0 Å². The summed E-state index contributed by atoms with van der Waals surface area (Å²) in [7, 11) is 6.08. The van der Waals surface area contributed by atoms with Gasteiger partial charge in [0.1, 0.15) is 19.4 Å². The second-order valence-corrected chi connectivity index (χ2v) is 8.57. The van der Waals surface area contributed by atoms with E-state index in [-0.39, 0.29) is 11.2 Å². The third-order valence-corrected chi connectivity index (χ3v) is 6.46. The SMILES string of the molecule is [B]c1ccc2c(c1)c1ccc(O)cc1n2-c1cc2c(cn1)C(C)(C)c1ccccc1-2. The third kappa shape index (κ3) is 2.19. The normalized spacial score (nSPS) is 14.2. The van der Waals surface area contributed by atoms with E-state index < -0.39 is 0 Å². The largest absolute Gasteiger partial charge is 0.508 e. The number of nitrogens with zero attached hydrogens (tertiary/aromatic N) is 2. The summed E-state index contributed by atoms with van der Waals surface area (Å²) in [6.45, 7) is 4.50. The minimum absolute atomic E-state index is 0.0784. The Morgan fingerprint density at radius 1 is 0.833 bits per heavy atom. The predicted octanol–water partition coefficient (Wildman–Crippen LogP) is 4.98. The number of pyridine rings is 1. The maximum Gasteiger partial charge on any atom is 0.138 e. The summed E-state index contributed by atoms with van der Waals surface area (Å²) in [5, 5.41) is 12.3. The van der Waals surface area contributed by atoms with Gasteiger partial charge in [0.15, 0.2) is 0 Å². The van der Waals surface area contributed by atoms with Gasteiger partial charge < -0.3 is 5.11 Å². The van der Waals surface area contributed by atoms with Crippen LogP contribution < -0.4 is 5.46 Å². The van der Waals surface area contributed by atoms with E-state index in [0.29, 0.717) is 5.46 Å². The van der Waals surface area contributed by atoms with Crippen LogP contribution >= 0.6 is 0 Å². The number of phenolic OH excluding ortho intramolecular Hbond substituents is 1. The molecule has 2 radical (unpaired) electrons. The van der Waals surface area contributed by atoms with Crippen molar-refractivity contribution in [3.8, 4) is 22.7 Å². The van der Waals surface area contributed by atoms with E-state index in [1.54, 1.807) is 12.1 Å². The van der Waals surface area contributed by atoms with Crippen LogP contribution in [0.2, 0.25) is 0 Å². The van der Waals surface area contributed by atoms with Crippen molar-refractivity contribution in [1.29, 1.82) is 0 Å². The van der Waals surface area contributed by atoms with E-state index in [1.165, 1.54) is 22.3 Å². The van der Waals surface area contributed by atoms with Crippen LogP contribution in [-0.2, 0) is 5.41 Å². The summed E-state index contributed by atoms with van der Waals surface area (Å²) < 4.78 is 2.11. The summed E-state index contributed by atoms with van der Waals surface area (Å²) in [6, 6.07) is 22.1. The molecule has 0 saturated heterocycles. The molecule has 0 bridgehead atoms. The molecule has 3 aromatic carbocycles. The Labute approximate surface area is 176 Å². The molecule has 2 aromatic heterocycles. The molecule has 3 nitrogen and oxygen atoms in total. The zero-order chi connectivity index (χ0) is 20.6. The predicted molar refractivity (Wildman–Crippen MR) is 123 cm³/mol. The minimum Gasteiger partial charge on any atom is -0.508 e. The molecule has 0 unspecified atom stereocenters. The first kappa shape index (κ1) is 17.3. The van der Waals surface area contributed by atoms with E-state index in [0.717, 1.165) is 27.6 Å². The molecule has 0 amide bonds. The lowest BCUT2D eigenvalue weighted by atomic mass is 9.83. The van der Waals surface area contributed by atoms with Crippen molar-refractivity contribution in [3.05, 3.63) is 84.1 Å². The highest BCUT2D eigenvalue weighted by atomic mass is 16.3. The minimum atomic E-state index is -0.0784. The molecule has 0 atom stereocenters. The van der Waals surface area contributed by atoms with Gasteiger partial charge in [-0.2, -0.15) is 0 Å². The number of fused-ring (bicyclic) bond motifs is 6. The Bertz CT molecular complexity index is 1500. The molecule has 6 rings (SSSR count). The summed E-state index contributed by atoms with van der Waals surface area (Å²) in [5.41, 5.74) is 7.60. The van der Waals surface area contributed by atoms with Crippen LogP contribution in [0.1, 0.15) is 25.0 Å². The van der Waals surface area contributed by atoms with Gasteiger partial charge in [0.05, 0.1) is 11.0 Å². The van der Waals surface area contributed by atoms with Crippen molar-refractivity contribution < 1.29 is 5.11 Å². The van der Waals surface area contributed by atoms with Gasteiger partial charge in [-0.05, 0) is 46.5 Å². The number of aromatic hydroxyl groups is 1. The number of benzene rings is 3. The van der Waals surface area contributed by atoms with Crippen molar-refractivity contribution in [1.82, 2.24) is 9.55 Å². The smallest absolute Gasteiger partial charge is 0.138 e. The summed E-state index contributed by atoms with van der Waals surface area (Å²) in [4.78, 5) is 4.87. The molecule has 0 fully saturated rings. The van der Waals surface area contributed by atoms with Gasteiger partial charge in [0.2, 0.25) is 0 Å². The zero-order valence-electron chi connectivity index (χ0n) is 16.8. The first-order valence-corrected chi connectivity index (χ1v) is 10.1. The lowest BCUT2D eigenvalue weighted by Crippen LogP contribution is -2.15. The van der Waals surface area contributed by atoms with Gasteiger partial charge in [-0.15, -0.1) is 0 Å². The van der Waals surface area contributed by atoms with Crippen LogP contribution in [0.25, 0.3) is 38.8 Å². The molecule has 4 heteroatoms. The maximum absolute atomic E-state index is 10.2. The number of rotatable bonds is 1. The van der Waals surface area contributed by atoms with Crippen molar-refractivity contribution in [2.75, 3.05) is 0 Å². The van der Waals surface area contributed by atoms with E-state index in [9.17, 15) is 5.11 Å². The molecule has 1 aliphatic carbocycles. The molecular weight excluding hydrogens is 367 g/mol. The number of phenols is 1. The molecular formula is C26H19BN2O. The monoisotopic (exact) mass is 386 g/mol. The molecule has 2 heterocycles. The second kappa shape index (κ2) is 5.76. The zero-order valence-corrected chi connectivity index (χ0v) is 16.8. The van der Waals surface area contributed by atoms with Gasteiger partial charge in [-0.3, -0.25) is 4.57 Å².